The molecule has 1 aliphatic rings. The van der Waals surface area contributed by atoms with Crippen LogP contribution in [0.4, 0.5) is 10.2 Å². The number of anilines is 1. The highest BCUT2D eigenvalue weighted by molar-refractivity contribution is 6.31. The number of nitrogens with one attached hydrogen (secondary N) is 3. The molecular formula is C17H18ClFN6. The number of H-pyrrole nitrogens is 1. The van der Waals surface area contributed by atoms with Crippen LogP contribution in [0.1, 0.15) is 19.3 Å². The van der Waals surface area contributed by atoms with Crippen molar-refractivity contribution in [2.75, 3.05) is 18.4 Å². The minimum Gasteiger partial charge on any atom is -0.366 e. The van der Waals surface area contributed by atoms with E-state index in [0.717, 1.165) is 23.9 Å². The van der Waals surface area contributed by atoms with E-state index in [1.807, 2.05) is 0 Å². The lowest BCUT2D eigenvalue weighted by Gasteiger charge is -2.23. The van der Waals surface area contributed by atoms with Crippen molar-refractivity contribution in [3.05, 3.63) is 35.5 Å². The van der Waals surface area contributed by atoms with Crippen molar-refractivity contribution >= 4 is 28.5 Å². The fourth-order valence-electron chi connectivity index (χ4n) is 3.10. The molecule has 130 valence electrons. The lowest BCUT2D eigenvalue weighted by Crippen LogP contribution is -2.39. The molecule has 4 rings (SSSR count). The molecule has 25 heavy (non-hydrogen) atoms. The van der Waals surface area contributed by atoms with Crippen molar-refractivity contribution in [3.63, 3.8) is 0 Å². The van der Waals surface area contributed by atoms with Crippen molar-refractivity contribution in [3.8, 4) is 11.4 Å². The summed E-state index contributed by atoms with van der Waals surface area (Å²) in [5.41, 5.74) is 1.43. The van der Waals surface area contributed by atoms with Crippen LogP contribution in [0.25, 0.3) is 22.4 Å². The van der Waals surface area contributed by atoms with Crippen molar-refractivity contribution in [2.24, 2.45) is 0 Å². The molecule has 1 aliphatic heterocycles. The second kappa shape index (κ2) is 6.93. The molecule has 0 bridgehead atoms. The van der Waals surface area contributed by atoms with E-state index in [9.17, 15) is 4.39 Å². The molecule has 0 spiro atoms. The van der Waals surface area contributed by atoms with Crippen molar-refractivity contribution in [2.45, 2.75) is 25.3 Å². The summed E-state index contributed by atoms with van der Waals surface area (Å²) in [5.74, 6) is 0.174. The maximum atomic E-state index is 14.1. The topological polar surface area (TPSA) is 78.5 Å². The highest BCUT2D eigenvalue weighted by Gasteiger charge is 2.16. The molecule has 0 aromatic carbocycles. The highest BCUT2D eigenvalue weighted by Crippen LogP contribution is 2.28. The standard InChI is InChI=1S/C17H18ClFN6/c18-10-5-12-13(8-23-15(12)21-6-10)16-24-9-14(19)17(25-16)22-7-11-3-1-2-4-20-11/h5-6,8-9,11,20H,1-4,7H2,(H,21,23)(H,22,24,25)/t11-/m1/s1. The van der Waals surface area contributed by atoms with Crippen LogP contribution in [-0.4, -0.2) is 39.1 Å². The van der Waals surface area contributed by atoms with Gasteiger partial charge >= 0.3 is 0 Å². The van der Waals surface area contributed by atoms with Gasteiger partial charge in [0.2, 0.25) is 0 Å². The molecule has 1 saturated heterocycles. The summed E-state index contributed by atoms with van der Waals surface area (Å²) in [7, 11) is 0. The van der Waals surface area contributed by atoms with Crippen LogP contribution in [0.2, 0.25) is 5.02 Å². The van der Waals surface area contributed by atoms with Crippen LogP contribution >= 0.6 is 11.6 Å². The average Bonchev–Trinajstić information content (AvgIpc) is 3.05. The summed E-state index contributed by atoms with van der Waals surface area (Å²) in [4.78, 5) is 15.8. The zero-order valence-corrected chi connectivity index (χ0v) is 14.3. The Kier molecular flexibility index (Phi) is 4.50. The lowest BCUT2D eigenvalue weighted by atomic mass is 10.1. The van der Waals surface area contributed by atoms with E-state index < -0.39 is 5.82 Å². The zero-order chi connectivity index (χ0) is 17.2. The van der Waals surface area contributed by atoms with E-state index in [1.54, 1.807) is 18.5 Å². The first-order valence-electron chi connectivity index (χ1n) is 8.33. The van der Waals surface area contributed by atoms with Crippen molar-refractivity contribution in [1.82, 2.24) is 25.3 Å². The van der Waals surface area contributed by atoms with E-state index in [4.69, 9.17) is 11.6 Å². The van der Waals surface area contributed by atoms with Gasteiger partial charge in [0, 0.05) is 35.9 Å². The minimum atomic E-state index is -0.462. The molecular weight excluding hydrogens is 343 g/mol. The minimum absolute atomic E-state index is 0.210. The quantitative estimate of drug-likeness (QED) is 0.665. The van der Waals surface area contributed by atoms with Gasteiger partial charge in [-0.15, -0.1) is 0 Å². The summed E-state index contributed by atoms with van der Waals surface area (Å²) in [5, 5.41) is 7.86. The number of rotatable bonds is 4. The molecule has 1 atom stereocenters. The Morgan fingerprint density at radius 1 is 1.28 bits per heavy atom. The zero-order valence-electron chi connectivity index (χ0n) is 13.5. The molecule has 4 heterocycles. The molecule has 8 heteroatoms. The van der Waals surface area contributed by atoms with Crippen molar-refractivity contribution < 1.29 is 4.39 Å². The molecule has 0 unspecified atom stereocenters. The Hall–Kier alpha value is -2.25. The Morgan fingerprint density at radius 2 is 2.20 bits per heavy atom. The first-order chi connectivity index (χ1) is 12.2. The van der Waals surface area contributed by atoms with E-state index in [0.29, 0.717) is 29.1 Å². The molecule has 6 nitrogen and oxygen atoms in total. The third-order valence-corrected chi connectivity index (χ3v) is 4.62. The molecule has 0 aliphatic carbocycles. The van der Waals surface area contributed by atoms with Crippen molar-refractivity contribution in [1.29, 1.82) is 0 Å². The highest BCUT2D eigenvalue weighted by atomic mass is 35.5. The Labute approximate surface area is 149 Å². The Bertz CT molecular complexity index is 890. The summed E-state index contributed by atoms with van der Waals surface area (Å²) >= 11 is 6.03. The maximum absolute atomic E-state index is 14.1. The van der Waals surface area contributed by atoms with E-state index >= 15 is 0 Å². The number of hydrogen-bond acceptors (Lipinski definition) is 5. The monoisotopic (exact) mass is 360 g/mol. The molecule has 0 amide bonds. The van der Waals surface area contributed by atoms with E-state index in [2.05, 4.69) is 30.6 Å². The largest absolute Gasteiger partial charge is 0.366 e. The second-order valence-electron chi connectivity index (χ2n) is 6.17. The van der Waals surface area contributed by atoms with Gasteiger partial charge in [0.05, 0.1) is 11.2 Å². The molecule has 3 aromatic heterocycles. The summed E-state index contributed by atoms with van der Waals surface area (Å²) in [6.45, 7) is 1.64. The number of pyridine rings is 1. The molecule has 0 radical (unpaired) electrons. The first kappa shape index (κ1) is 16.2. The Balaban J connectivity index is 1.60. The number of aromatic nitrogens is 4. The maximum Gasteiger partial charge on any atom is 0.183 e. The Morgan fingerprint density at radius 3 is 3.04 bits per heavy atom. The summed E-state index contributed by atoms with van der Waals surface area (Å²) < 4.78 is 14.1. The van der Waals surface area contributed by atoms with Gasteiger partial charge in [-0.1, -0.05) is 18.0 Å². The predicted octanol–water partition coefficient (Wildman–Crippen LogP) is 3.37. The van der Waals surface area contributed by atoms with Crippen LogP contribution in [0.15, 0.2) is 24.7 Å². The van der Waals surface area contributed by atoms with Crippen LogP contribution < -0.4 is 10.6 Å². The number of piperidine rings is 1. The van der Waals surface area contributed by atoms with Gasteiger partial charge in [0.25, 0.3) is 0 Å². The van der Waals surface area contributed by atoms with Gasteiger partial charge in [-0.25, -0.2) is 19.3 Å². The molecule has 3 aromatic rings. The van der Waals surface area contributed by atoms with Crippen LogP contribution in [0, 0.1) is 5.82 Å². The average molecular weight is 361 g/mol. The van der Waals surface area contributed by atoms with Crippen LogP contribution in [0.3, 0.4) is 0 Å². The SMILES string of the molecule is Fc1cnc(-c2c[nH]c3ncc(Cl)cc23)nc1NC[C@H]1CCCCN1. The predicted molar refractivity (Wildman–Crippen MR) is 96.2 cm³/mol. The normalized spacial score (nSPS) is 17.8. The lowest BCUT2D eigenvalue weighted by molar-refractivity contribution is 0.413. The van der Waals surface area contributed by atoms with E-state index in [1.165, 1.54) is 19.0 Å². The molecule has 0 saturated carbocycles. The third kappa shape index (κ3) is 3.43. The molecule has 1 fully saturated rings. The number of nitrogens with zero attached hydrogens (tertiary/aromatic N) is 3. The molecule has 3 N–H and O–H groups in total. The second-order valence-corrected chi connectivity index (χ2v) is 6.61. The fraction of sp³-hybridized carbons (Fsp3) is 0.353. The summed E-state index contributed by atoms with van der Waals surface area (Å²) in [6, 6.07) is 2.13. The number of hydrogen-bond donors (Lipinski definition) is 3. The summed E-state index contributed by atoms with van der Waals surface area (Å²) in [6.07, 6.45) is 7.99. The number of halogens is 2. The fourth-order valence-corrected chi connectivity index (χ4v) is 3.26. The third-order valence-electron chi connectivity index (χ3n) is 4.41. The van der Waals surface area contributed by atoms with Gasteiger partial charge < -0.3 is 15.6 Å². The van der Waals surface area contributed by atoms with Gasteiger partial charge in [-0.2, -0.15) is 0 Å². The van der Waals surface area contributed by atoms with Crippen LogP contribution in [-0.2, 0) is 0 Å². The number of fused-ring (bicyclic) bond motifs is 1. The smallest absolute Gasteiger partial charge is 0.183 e. The number of aromatic amines is 1. The first-order valence-corrected chi connectivity index (χ1v) is 8.71. The van der Waals surface area contributed by atoms with Gasteiger partial charge in [-0.3, -0.25) is 0 Å². The van der Waals surface area contributed by atoms with E-state index in [-0.39, 0.29) is 5.82 Å². The van der Waals surface area contributed by atoms with Gasteiger partial charge in [0.1, 0.15) is 5.65 Å². The van der Waals surface area contributed by atoms with Gasteiger partial charge in [-0.05, 0) is 25.5 Å². The van der Waals surface area contributed by atoms with Gasteiger partial charge in [0.15, 0.2) is 17.5 Å². The van der Waals surface area contributed by atoms with Crippen LogP contribution in [0.5, 0.6) is 0 Å².